The van der Waals surface area contributed by atoms with Crippen LogP contribution in [0.1, 0.15) is 31.9 Å². The van der Waals surface area contributed by atoms with E-state index < -0.39 is 17.5 Å². The van der Waals surface area contributed by atoms with E-state index >= 15 is 0 Å². The lowest BCUT2D eigenvalue weighted by Crippen LogP contribution is -2.27. The minimum atomic E-state index is -0.727. The Morgan fingerprint density at radius 2 is 1.78 bits per heavy atom. The number of rotatable bonds is 7. The molecule has 3 rings (SSSR count). The third-order valence-corrected chi connectivity index (χ3v) is 4.15. The molecule has 9 heteroatoms. The first-order valence-electron chi connectivity index (χ1n) is 9.96. The maximum atomic E-state index is 14.7. The van der Waals surface area contributed by atoms with E-state index in [4.69, 9.17) is 9.47 Å². The predicted molar refractivity (Wildman–Crippen MR) is 117 cm³/mol. The smallest absolute Gasteiger partial charge is 0.412 e. The van der Waals surface area contributed by atoms with Crippen LogP contribution in [0.3, 0.4) is 0 Å². The van der Waals surface area contributed by atoms with Gasteiger partial charge in [0, 0.05) is 42.7 Å². The summed E-state index contributed by atoms with van der Waals surface area (Å²) in [5, 5.41) is 15.8. The first-order chi connectivity index (χ1) is 15.2. The standard InChI is InChI=1S/C23H25FN4O4/c1-23(2,3)32-22(30)28-18-7-4-6-16(20(18)24)14-25-13-15-8-9-17(12-19(15)29)31-21-26-10-5-11-27-21/h4-12,25,29H,13-14H2,1-3H3,(H,28,30). The summed E-state index contributed by atoms with van der Waals surface area (Å²) in [6.07, 6.45) is 2.38. The van der Waals surface area contributed by atoms with Crippen molar-refractivity contribution in [2.24, 2.45) is 0 Å². The van der Waals surface area contributed by atoms with Gasteiger partial charge in [-0.3, -0.25) is 5.32 Å². The van der Waals surface area contributed by atoms with Gasteiger partial charge in [-0.1, -0.05) is 18.2 Å². The molecule has 2 aromatic carbocycles. The molecule has 32 heavy (non-hydrogen) atoms. The third-order valence-electron chi connectivity index (χ3n) is 4.15. The highest BCUT2D eigenvalue weighted by Crippen LogP contribution is 2.26. The molecule has 0 unspecified atom stereocenters. The number of anilines is 1. The lowest BCUT2D eigenvalue weighted by atomic mass is 10.1. The van der Waals surface area contributed by atoms with Crippen LogP contribution in [0.5, 0.6) is 17.5 Å². The molecule has 0 saturated heterocycles. The summed E-state index contributed by atoms with van der Waals surface area (Å²) < 4.78 is 25.4. The number of nitrogens with one attached hydrogen (secondary N) is 2. The van der Waals surface area contributed by atoms with Gasteiger partial charge in [-0.25, -0.2) is 19.2 Å². The first kappa shape index (κ1) is 23.0. The largest absolute Gasteiger partial charge is 0.507 e. The van der Waals surface area contributed by atoms with Crippen molar-refractivity contribution in [2.75, 3.05) is 5.32 Å². The van der Waals surface area contributed by atoms with E-state index in [1.165, 1.54) is 12.1 Å². The third kappa shape index (κ3) is 6.64. The molecule has 3 aromatic rings. The Balaban J connectivity index is 1.57. The van der Waals surface area contributed by atoms with E-state index in [0.29, 0.717) is 16.9 Å². The van der Waals surface area contributed by atoms with Crippen molar-refractivity contribution in [3.8, 4) is 17.5 Å². The van der Waals surface area contributed by atoms with Crippen LogP contribution < -0.4 is 15.4 Å². The van der Waals surface area contributed by atoms with Crippen LogP contribution in [0.25, 0.3) is 0 Å². The van der Waals surface area contributed by atoms with E-state index in [2.05, 4.69) is 20.6 Å². The molecule has 0 radical (unpaired) electrons. The Labute approximate surface area is 185 Å². The number of aromatic hydroxyl groups is 1. The van der Waals surface area contributed by atoms with Gasteiger partial charge in [-0.15, -0.1) is 0 Å². The highest BCUT2D eigenvalue weighted by molar-refractivity contribution is 5.85. The fourth-order valence-corrected chi connectivity index (χ4v) is 2.76. The predicted octanol–water partition coefficient (Wildman–Crippen LogP) is 4.75. The molecule has 0 saturated carbocycles. The first-order valence-corrected chi connectivity index (χ1v) is 9.96. The number of ether oxygens (including phenoxy) is 2. The molecule has 1 amide bonds. The van der Waals surface area contributed by atoms with Crippen molar-refractivity contribution in [2.45, 2.75) is 39.5 Å². The molecule has 0 aliphatic heterocycles. The number of hydrogen-bond donors (Lipinski definition) is 3. The molecular formula is C23H25FN4O4. The molecule has 168 valence electrons. The zero-order valence-corrected chi connectivity index (χ0v) is 18.1. The van der Waals surface area contributed by atoms with E-state index in [1.54, 1.807) is 63.5 Å². The fraction of sp³-hybridized carbons (Fsp3) is 0.261. The van der Waals surface area contributed by atoms with E-state index in [1.807, 2.05) is 0 Å². The summed E-state index contributed by atoms with van der Waals surface area (Å²) in [4.78, 5) is 19.8. The van der Waals surface area contributed by atoms with Crippen molar-refractivity contribution >= 4 is 11.8 Å². The Hall–Kier alpha value is -3.72. The van der Waals surface area contributed by atoms with Gasteiger partial charge in [-0.2, -0.15) is 0 Å². The molecule has 0 bridgehead atoms. The molecule has 1 aromatic heterocycles. The zero-order chi connectivity index (χ0) is 23.1. The van der Waals surface area contributed by atoms with Crippen LogP contribution in [-0.2, 0) is 17.8 Å². The van der Waals surface area contributed by atoms with E-state index in [0.717, 1.165) is 0 Å². The Morgan fingerprint density at radius 1 is 1.06 bits per heavy atom. The van der Waals surface area contributed by atoms with Crippen LogP contribution in [-0.4, -0.2) is 26.8 Å². The zero-order valence-electron chi connectivity index (χ0n) is 18.1. The van der Waals surface area contributed by atoms with E-state index in [9.17, 15) is 14.3 Å². The molecule has 8 nitrogen and oxygen atoms in total. The minimum absolute atomic E-state index is 0.0201. The number of hydrogen-bond acceptors (Lipinski definition) is 7. The topological polar surface area (TPSA) is 106 Å². The number of aromatic nitrogens is 2. The second-order valence-corrected chi connectivity index (χ2v) is 7.93. The van der Waals surface area contributed by atoms with Crippen LogP contribution in [0.15, 0.2) is 54.9 Å². The SMILES string of the molecule is CC(C)(C)OC(=O)Nc1cccc(CNCc2ccc(Oc3ncccn3)cc2O)c1F. The van der Waals surface area contributed by atoms with Gasteiger partial charge < -0.3 is 19.9 Å². The Morgan fingerprint density at radius 3 is 2.47 bits per heavy atom. The molecule has 0 aliphatic rings. The van der Waals surface area contributed by atoms with Crippen molar-refractivity contribution in [1.29, 1.82) is 0 Å². The molecule has 0 fully saturated rings. The molecule has 1 heterocycles. The highest BCUT2D eigenvalue weighted by Gasteiger charge is 2.18. The van der Waals surface area contributed by atoms with Crippen LogP contribution in [0, 0.1) is 5.82 Å². The lowest BCUT2D eigenvalue weighted by Gasteiger charge is -2.20. The average Bonchev–Trinajstić information content (AvgIpc) is 2.71. The summed E-state index contributed by atoms with van der Waals surface area (Å²) in [7, 11) is 0. The molecular weight excluding hydrogens is 415 g/mol. The number of phenols is 1. The number of nitrogens with zero attached hydrogens (tertiary/aromatic N) is 2. The van der Waals surface area contributed by atoms with Gasteiger partial charge >= 0.3 is 12.1 Å². The molecule has 0 spiro atoms. The minimum Gasteiger partial charge on any atom is -0.507 e. The summed E-state index contributed by atoms with van der Waals surface area (Å²) in [6.45, 7) is 5.66. The number of phenolic OH excluding ortho intramolecular Hbond substituents is 1. The van der Waals surface area contributed by atoms with Crippen molar-refractivity contribution in [1.82, 2.24) is 15.3 Å². The Kier molecular flexibility index (Phi) is 7.21. The second-order valence-electron chi connectivity index (χ2n) is 7.93. The summed E-state index contributed by atoms with van der Waals surface area (Å²) >= 11 is 0. The second kappa shape index (κ2) is 10.1. The van der Waals surface area contributed by atoms with Gasteiger partial charge in [0.15, 0.2) is 5.82 Å². The number of amides is 1. The van der Waals surface area contributed by atoms with Crippen molar-refractivity contribution < 1.29 is 23.8 Å². The van der Waals surface area contributed by atoms with Crippen molar-refractivity contribution in [3.63, 3.8) is 0 Å². The number of benzene rings is 2. The van der Waals surface area contributed by atoms with Crippen LogP contribution in [0.4, 0.5) is 14.9 Å². The molecule has 0 atom stereocenters. The normalized spacial score (nSPS) is 11.1. The van der Waals surface area contributed by atoms with Gasteiger partial charge in [0.1, 0.15) is 17.1 Å². The molecule has 3 N–H and O–H groups in total. The number of halogens is 1. The van der Waals surface area contributed by atoms with Gasteiger partial charge in [0.25, 0.3) is 0 Å². The number of carbonyl (C=O) groups excluding carboxylic acids is 1. The maximum Gasteiger partial charge on any atom is 0.412 e. The summed E-state index contributed by atoms with van der Waals surface area (Å²) in [6, 6.07) is 11.4. The van der Waals surface area contributed by atoms with Gasteiger partial charge in [0.05, 0.1) is 5.69 Å². The summed E-state index contributed by atoms with van der Waals surface area (Å²) in [5.74, 6) is -0.141. The van der Waals surface area contributed by atoms with Crippen LogP contribution >= 0.6 is 0 Å². The Bertz CT molecular complexity index is 1070. The summed E-state index contributed by atoms with van der Waals surface area (Å²) in [5.41, 5.74) is 0.316. The fourth-order valence-electron chi connectivity index (χ4n) is 2.76. The van der Waals surface area contributed by atoms with Crippen LogP contribution in [0.2, 0.25) is 0 Å². The average molecular weight is 440 g/mol. The van der Waals surface area contributed by atoms with Crippen molar-refractivity contribution in [3.05, 3.63) is 71.8 Å². The molecule has 0 aliphatic carbocycles. The lowest BCUT2D eigenvalue weighted by molar-refractivity contribution is 0.0635. The van der Waals surface area contributed by atoms with Gasteiger partial charge in [0.2, 0.25) is 0 Å². The van der Waals surface area contributed by atoms with E-state index in [-0.39, 0.29) is 30.5 Å². The monoisotopic (exact) mass is 440 g/mol. The highest BCUT2D eigenvalue weighted by atomic mass is 19.1. The maximum absolute atomic E-state index is 14.7. The quantitative estimate of drug-likeness (QED) is 0.487. The number of carbonyl (C=O) groups is 1. The van der Waals surface area contributed by atoms with Gasteiger partial charge in [-0.05, 0) is 39.0 Å².